The summed E-state index contributed by atoms with van der Waals surface area (Å²) >= 11 is 1.09. The number of aromatic nitrogens is 3. The molecule has 0 bridgehead atoms. The number of carbonyl (C=O) groups is 1. The Morgan fingerprint density at radius 2 is 1.59 bits per heavy atom. The Bertz CT molecular complexity index is 1310. The van der Waals surface area contributed by atoms with Crippen molar-refractivity contribution in [3.8, 4) is 11.3 Å². The molecule has 0 saturated carbocycles. The molecule has 9 heteroatoms. The number of nitrogens with zero attached hydrogens (tertiary/aromatic N) is 4. The molecule has 0 N–H and O–H groups in total. The van der Waals surface area contributed by atoms with Crippen LogP contribution in [0.15, 0.2) is 77.7 Å². The molecular formula is C25H18F2N4OPtS. The van der Waals surface area contributed by atoms with Crippen LogP contribution in [0.2, 0.25) is 0 Å². The molecule has 3 heterocycles. The molecule has 0 aliphatic heterocycles. The van der Waals surface area contributed by atoms with E-state index in [4.69, 9.17) is 0 Å². The Hall–Kier alpha value is -2.96. The van der Waals surface area contributed by atoms with Crippen LogP contribution in [0.3, 0.4) is 0 Å². The van der Waals surface area contributed by atoms with E-state index in [0.717, 1.165) is 22.9 Å². The minimum absolute atomic E-state index is 0. The third-order valence-corrected chi connectivity index (χ3v) is 5.72. The van der Waals surface area contributed by atoms with Gasteiger partial charge < -0.3 is 14.5 Å². The van der Waals surface area contributed by atoms with Crippen molar-refractivity contribution < 1.29 is 34.6 Å². The van der Waals surface area contributed by atoms with Crippen molar-refractivity contribution in [2.45, 2.75) is 24.2 Å². The van der Waals surface area contributed by atoms with E-state index in [2.05, 4.69) is 25.7 Å². The number of rotatable bonds is 6. The van der Waals surface area contributed by atoms with Crippen LogP contribution in [0.4, 0.5) is 8.78 Å². The fourth-order valence-corrected chi connectivity index (χ4v) is 3.69. The summed E-state index contributed by atoms with van der Waals surface area (Å²) in [6.07, 6.45) is 0. The van der Waals surface area contributed by atoms with E-state index in [0.29, 0.717) is 11.4 Å². The van der Waals surface area contributed by atoms with Crippen molar-refractivity contribution in [1.29, 1.82) is 0 Å². The topological polar surface area (TPSA) is 69.8 Å². The van der Waals surface area contributed by atoms with Crippen molar-refractivity contribution in [2.24, 2.45) is 0 Å². The second-order valence-corrected chi connectivity index (χ2v) is 8.47. The fraction of sp³-hybridized carbons (Fsp3) is 0.120. The molecule has 0 radical (unpaired) electrons. The van der Waals surface area contributed by atoms with Gasteiger partial charge in [-0.1, -0.05) is 48.0 Å². The second-order valence-electron chi connectivity index (χ2n) is 7.63. The molecule has 0 fully saturated rings. The summed E-state index contributed by atoms with van der Waals surface area (Å²) in [5.74, 6) is -2.38. The zero-order chi connectivity index (χ0) is 23.4. The van der Waals surface area contributed by atoms with Crippen molar-refractivity contribution in [3.05, 3.63) is 113 Å². The Kier molecular flexibility index (Phi) is 8.28. The van der Waals surface area contributed by atoms with Crippen LogP contribution in [-0.2, 0) is 26.5 Å². The Balaban J connectivity index is 0.00000324. The molecule has 0 aliphatic carbocycles. The molecule has 0 spiro atoms. The molecule has 3 aromatic heterocycles. The molecule has 0 atom stereocenters. The number of halogens is 2. The summed E-state index contributed by atoms with van der Waals surface area (Å²) in [7, 11) is 0. The third kappa shape index (κ3) is 5.74. The molecule has 0 unspecified atom stereocenters. The number of benzene rings is 1. The number of amides is 1. The number of pyridine rings is 3. The van der Waals surface area contributed by atoms with E-state index in [1.807, 2.05) is 44.2 Å². The largest absolute Gasteiger partial charge is 2.00 e. The van der Waals surface area contributed by atoms with E-state index in [1.54, 1.807) is 36.4 Å². The molecule has 1 aromatic carbocycles. The van der Waals surface area contributed by atoms with Crippen LogP contribution in [-0.4, -0.2) is 20.9 Å². The second kappa shape index (κ2) is 11.0. The Labute approximate surface area is 214 Å². The summed E-state index contributed by atoms with van der Waals surface area (Å²) in [6, 6.07) is 23.1. The smallest absolute Gasteiger partial charge is 0.590 e. The zero-order valence-electron chi connectivity index (χ0n) is 18.1. The van der Waals surface area contributed by atoms with E-state index in [9.17, 15) is 13.6 Å². The molecule has 174 valence electrons. The van der Waals surface area contributed by atoms with Gasteiger partial charge in [0.25, 0.3) is 0 Å². The minimum atomic E-state index is -0.985. The van der Waals surface area contributed by atoms with Gasteiger partial charge in [-0.25, -0.2) is 20.7 Å². The molecule has 4 aromatic rings. The van der Waals surface area contributed by atoms with Gasteiger partial charge in [-0.2, -0.15) is 0 Å². The van der Waals surface area contributed by atoms with E-state index < -0.39 is 23.2 Å². The number of hydrogen-bond donors (Lipinski definition) is 0. The Morgan fingerprint density at radius 1 is 0.912 bits per heavy atom. The van der Waals surface area contributed by atoms with E-state index in [1.165, 1.54) is 0 Å². The first-order chi connectivity index (χ1) is 15.8. The number of hydrogen-bond acceptors (Lipinski definition) is 5. The molecule has 1 amide bonds. The first-order valence-corrected chi connectivity index (χ1v) is 10.8. The molecule has 0 saturated heterocycles. The van der Waals surface area contributed by atoms with Crippen LogP contribution >= 0.6 is 11.9 Å². The van der Waals surface area contributed by atoms with Crippen LogP contribution in [0.25, 0.3) is 16.0 Å². The predicted octanol–water partition coefficient (Wildman–Crippen LogP) is 6.16. The molecule has 5 nitrogen and oxygen atoms in total. The van der Waals surface area contributed by atoms with Gasteiger partial charge in [-0.3, -0.25) is 9.97 Å². The van der Waals surface area contributed by atoms with E-state index in [-0.39, 0.29) is 38.0 Å². The van der Waals surface area contributed by atoms with Gasteiger partial charge in [0.1, 0.15) is 17.8 Å². The molecule has 0 aliphatic rings. The normalized spacial score (nSPS) is 10.9. The van der Waals surface area contributed by atoms with Gasteiger partial charge in [-0.15, -0.1) is 6.07 Å². The first-order valence-electron chi connectivity index (χ1n) is 10.0. The zero-order valence-corrected chi connectivity index (χ0v) is 21.2. The van der Waals surface area contributed by atoms with Crippen molar-refractivity contribution in [2.75, 3.05) is 0 Å². The van der Waals surface area contributed by atoms with Crippen LogP contribution < -0.4 is 0 Å². The van der Waals surface area contributed by atoms with Crippen LogP contribution in [0.5, 0.6) is 0 Å². The van der Waals surface area contributed by atoms with Crippen molar-refractivity contribution in [1.82, 2.24) is 15.0 Å². The van der Waals surface area contributed by atoms with Crippen LogP contribution in [0, 0.1) is 18.0 Å². The summed E-state index contributed by atoms with van der Waals surface area (Å²) in [6.45, 7) is 3.79. The summed E-state index contributed by atoms with van der Waals surface area (Å²) in [4.78, 5) is 25.7. The predicted molar refractivity (Wildman–Crippen MR) is 123 cm³/mol. The molecule has 34 heavy (non-hydrogen) atoms. The van der Waals surface area contributed by atoms with Gasteiger partial charge >= 0.3 is 21.1 Å². The van der Waals surface area contributed by atoms with Gasteiger partial charge in [0, 0.05) is 11.1 Å². The van der Waals surface area contributed by atoms with Crippen molar-refractivity contribution >= 4 is 17.9 Å². The standard InChI is InChI=1S/C25H19F2N4OS.Pt/c1-25(2,20-12-6-10-18(28-20)17-14-15-22(26)30-23(17)27)21-13-7-11-19(29-21)24(32)31-33-16-8-4-3-5-9-16;/h3-13,15H,1-2H3,(H,31,32);/q-1;+2/p-1. The van der Waals surface area contributed by atoms with E-state index >= 15 is 0 Å². The molecular weight excluding hydrogens is 637 g/mol. The van der Waals surface area contributed by atoms with Gasteiger partial charge in [0.15, 0.2) is 0 Å². The third-order valence-electron chi connectivity index (χ3n) is 4.98. The summed E-state index contributed by atoms with van der Waals surface area (Å²) in [5, 5.41) is 0. The monoisotopic (exact) mass is 655 g/mol. The average Bonchev–Trinajstić information content (AvgIpc) is 2.83. The maximum absolute atomic E-state index is 14.1. The van der Waals surface area contributed by atoms with Gasteiger partial charge in [0.05, 0.1) is 11.4 Å². The van der Waals surface area contributed by atoms with Crippen LogP contribution in [0.1, 0.15) is 35.7 Å². The number of carbonyl (C=O) groups excluding carboxylic acids is 1. The summed E-state index contributed by atoms with van der Waals surface area (Å²) in [5.41, 5.74) is 0.921. The van der Waals surface area contributed by atoms with Crippen molar-refractivity contribution in [3.63, 3.8) is 0 Å². The molecule has 4 rings (SSSR count). The SMILES string of the molecule is CC(C)(c1cccc(C(=O)[N-]Sc2ccccc2)n1)c1cccc(-c2[c-]cc(F)nc2F)n1.[Pt+2]. The maximum Gasteiger partial charge on any atom is 2.00 e. The maximum atomic E-state index is 14.1. The quantitative estimate of drug-likeness (QED) is 0.141. The van der Waals surface area contributed by atoms with Gasteiger partial charge in [0.2, 0.25) is 0 Å². The first kappa shape index (κ1) is 25.7. The summed E-state index contributed by atoms with van der Waals surface area (Å²) < 4.78 is 31.3. The fourth-order valence-electron chi connectivity index (χ4n) is 3.13. The minimum Gasteiger partial charge on any atom is -0.590 e. The van der Waals surface area contributed by atoms with Gasteiger partial charge in [-0.05, 0) is 54.8 Å². The Morgan fingerprint density at radius 3 is 2.29 bits per heavy atom. The average molecular weight is 656 g/mol.